The Morgan fingerprint density at radius 2 is 2.24 bits per heavy atom. The molecule has 0 bridgehead atoms. The van der Waals surface area contributed by atoms with Gasteiger partial charge in [0.2, 0.25) is 5.91 Å². The Balaban J connectivity index is 1.79. The number of hydrogen-bond donors (Lipinski definition) is 2. The number of carbonyl (C=O) groups excluding carboxylic acids is 2. The molecule has 1 aliphatic carbocycles. The lowest BCUT2D eigenvalue weighted by Gasteiger charge is -2.43. The van der Waals surface area contributed by atoms with Crippen LogP contribution in [0.15, 0.2) is 6.07 Å². The summed E-state index contributed by atoms with van der Waals surface area (Å²) in [4.78, 5) is 26.2. The van der Waals surface area contributed by atoms with Crippen molar-refractivity contribution in [1.82, 2.24) is 20.4 Å². The first kappa shape index (κ1) is 14.1. The van der Waals surface area contributed by atoms with Crippen LogP contribution >= 0.6 is 0 Å². The predicted octanol–water partition coefficient (Wildman–Crippen LogP) is 1.25. The number of nitrogens with zero attached hydrogens (tertiary/aromatic N) is 2. The number of amides is 2. The van der Waals surface area contributed by atoms with E-state index in [0.29, 0.717) is 5.69 Å². The number of carbonyl (C=O) groups is 2. The molecule has 1 saturated heterocycles. The molecule has 1 aromatic heterocycles. The minimum atomic E-state index is -0.125. The van der Waals surface area contributed by atoms with E-state index in [1.807, 2.05) is 6.07 Å². The van der Waals surface area contributed by atoms with Gasteiger partial charge in [-0.15, -0.1) is 0 Å². The molecule has 2 aliphatic rings. The SMILES string of the molecule is CCCc1cc(C(=O)N2CC(=O)N[C@H]3CCCC[C@@H]32)n[nH]1. The van der Waals surface area contributed by atoms with Gasteiger partial charge >= 0.3 is 0 Å². The second-order valence-corrected chi connectivity index (χ2v) is 5.99. The highest BCUT2D eigenvalue weighted by Crippen LogP contribution is 2.26. The summed E-state index contributed by atoms with van der Waals surface area (Å²) < 4.78 is 0. The van der Waals surface area contributed by atoms with Crippen LogP contribution in [0.3, 0.4) is 0 Å². The monoisotopic (exact) mass is 290 g/mol. The van der Waals surface area contributed by atoms with Crippen molar-refractivity contribution >= 4 is 11.8 Å². The van der Waals surface area contributed by atoms with E-state index in [1.165, 1.54) is 0 Å². The highest BCUT2D eigenvalue weighted by atomic mass is 16.2. The van der Waals surface area contributed by atoms with Crippen molar-refractivity contribution in [2.24, 2.45) is 0 Å². The molecule has 0 unspecified atom stereocenters. The first-order valence-electron chi connectivity index (χ1n) is 7.83. The molecule has 21 heavy (non-hydrogen) atoms. The van der Waals surface area contributed by atoms with Gasteiger partial charge in [0.1, 0.15) is 12.2 Å². The number of H-pyrrole nitrogens is 1. The van der Waals surface area contributed by atoms with Crippen LogP contribution in [0, 0.1) is 0 Å². The zero-order valence-corrected chi connectivity index (χ0v) is 12.4. The molecule has 0 radical (unpaired) electrons. The van der Waals surface area contributed by atoms with Gasteiger partial charge in [-0.1, -0.05) is 26.2 Å². The van der Waals surface area contributed by atoms with Crippen LogP contribution in [-0.4, -0.2) is 45.5 Å². The highest BCUT2D eigenvalue weighted by Gasteiger charge is 2.39. The fourth-order valence-electron chi connectivity index (χ4n) is 3.42. The topological polar surface area (TPSA) is 78.1 Å². The zero-order chi connectivity index (χ0) is 14.8. The maximum atomic E-state index is 12.7. The Kier molecular flexibility index (Phi) is 3.94. The molecule has 2 fully saturated rings. The maximum absolute atomic E-state index is 12.7. The summed E-state index contributed by atoms with van der Waals surface area (Å²) in [5, 5.41) is 10.1. The molecular weight excluding hydrogens is 268 g/mol. The smallest absolute Gasteiger partial charge is 0.275 e. The Labute approximate surface area is 124 Å². The zero-order valence-electron chi connectivity index (χ0n) is 12.4. The fourth-order valence-corrected chi connectivity index (χ4v) is 3.42. The first-order chi connectivity index (χ1) is 10.2. The molecule has 3 rings (SSSR count). The van der Waals surface area contributed by atoms with Crippen LogP contribution in [0.1, 0.15) is 55.2 Å². The van der Waals surface area contributed by atoms with Gasteiger partial charge in [0.15, 0.2) is 0 Å². The molecule has 6 heteroatoms. The molecule has 1 saturated carbocycles. The number of nitrogens with one attached hydrogen (secondary N) is 2. The molecule has 114 valence electrons. The number of aryl methyl sites for hydroxylation is 1. The third-order valence-corrected chi connectivity index (χ3v) is 4.42. The van der Waals surface area contributed by atoms with Crippen molar-refractivity contribution in [2.45, 2.75) is 57.5 Å². The van der Waals surface area contributed by atoms with E-state index >= 15 is 0 Å². The van der Waals surface area contributed by atoms with Gasteiger partial charge in [0.05, 0.1) is 6.04 Å². The molecular formula is C15H22N4O2. The van der Waals surface area contributed by atoms with Gasteiger partial charge < -0.3 is 10.2 Å². The number of hydrogen-bond acceptors (Lipinski definition) is 3. The molecule has 1 aromatic rings. The molecule has 2 N–H and O–H groups in total. The summed E-state index contributed by atoms with van der Waals surface area (Å²) in [6.07, 6.45) is 6.04. The fraction of sp³-hybridized carbons (Fsp3) is 0.667. The molecule has 2 amide bonds. The summed E-state index contributed by atoms with van der Waals surface area (Å²) >= 11 is 0. The Morgan fingerprint density at radius 3 is 3.05 bits per heavy atom. The van der Waals surface area contributed by atoms with Gasteiger partial charge in [0, 0.05) is 11.7 Å². The Hall–Kier alpha value is -1.85. The van der Waals surface area contributed by atoms with E-state index < -0.39 is 0 Å². The lowest BCUT2D eigenvalue weighted by Crippen LogP contribution is -2.62. The van der Waals surface area contributed by atoms with E-state index in [1.54, 1.807) is 4.90 Å². The van der Waals surface area contributed by atoms with Crippen LogP contribution in [-0.2, 0) is 11.2 Å². The molecule has 6 nitrogen and oxygen atoms in total. The van der Waals surface area contributed by atoms with Gasteiger partial charge in [-0.2, -0.15) is 5.10 Å². The summed E-state index contributed by atoms with van der Waals surface area (Å²) in [6, 6.07) is 2.05. The van der Waals surface area contributed by atoms with Crippen LogP contribution in [0.2, 0.25) is 0 Å². The maximum Gasteiger partial charge on any atom is 0.275 e. The van der Waals surface area contributed by atoms with Crippen molar-refractivity contribution in [3.05, 3.63) is 17.5 Å². The van der Waals surface area contributed by atoms with Gasteiger partial charge in [0.25, 0.3) is 5.91 Å². The standard InChI is InChI=1S/C15H22N4O2/c1-2-5-10-8-12(18-17-10)15(21)19-9-14(20)16-11-6-3-4-7-13(11)19/h8,11,13H,2-7,9H2,1H3,(H,16,20)(H,17,18)/t11-,13-/m0/s1. The van der Waals surface area contributed by atoms with Crippen molar-refractivity contribution in [3.8, 4) is 0 Å². The van der Waals surface area contributed by atoms with E-state index in [9.17, 15) is 9.59 Å². The van der Waals surface area contributed by atoms with Crippen molar-refractivity contribution in [3.63, 3.8) is 0 Å². The largest absolute Gasteiger partial charge is 0.350 e. The Bertz CT molecular complexity index is 540. The van der Waals surface area contributed by atoms with Crippen LogP contribution in [0.5, 0.6) is 0 Å². The van der Waals surface area contributed by atoms with Crippen molar-refractivity contribution in [1.29, 1.82) is 0 Å². The highest BCUT2D eigenvalue weighted by molar-refractivity contribution is 5.96. The number of rotatable bonds is 3. The minimum Gasteiger partial charge on any atom is -0.350 e. The van der Waals surface area contributed by atoms with E-state index in [0.717, 1.165) is 44.2 Å². The summed E-state index contributed by atoms with van der Waals surface area (Å²) in [7, 11) is 0. The van der Waals surface area contributed by atoms with Crippen molar-refractivity contribution in [2.75, 3.05) is 6.54 Å². The first-order valence-corrected chi connectivity index (χ1v) is 7.83. The second-order valence-electron chi connectivity index (χ2n) is 5.99. The molecule has 2 atom stereocenters. The van der Waals surface area contributed by atoms with E-state index in [-0.39, 0.29) is 30.4 Å². The number of aromatic nitrogens is 2. The number of aromatic amines is 1. The quantitative estimate of drug-likeness (QED) is 0.879. The van der Waals surface area contributed by atoms with E-state index in [2.05, 4.69) is 22.4 Å². The van der Waals surface area contributed by atoms with Gasteiger partial charge in [-0.3, -0.25) is 14.7 Å². The van der Waals surface area contributed by atoms with Gasteiger partial charge in [-0.05, 0) is 25.3 Å². The van der Waals surface area contributed by atoms with Crippen LogP contribution in [0.4, 0.5) is 0 Å². The molecule has 0 spiro atoms. The number of fused-ring (bicyclic) bond motifs is 1. The van der Waals surface area contributed by atoms with E-state index in [4.69, 9.17) is 0 Å². The minimum absolute atomic E-state index is 0.0594. The van der Waals surface area contributed by atoms with Crippen molar-refractivity contribution < 1.29 is 9.59 Å². The lowest BCUT2D eigenvalue weighted by molar-refractivity contribution is -0.127. The summed E-state index contributed by atoms with van der Waals surface area (Å²) in [6.45, 7) is 2.24. The van der Waals surface area contributed by atoms with Crippen LogP contribution in [0.25, 0.3) is 0 Å². The lowest BCUT2D eigenvalue weighted by atomic mass is 9.87. The average molecular weight is 290 g/mol. The predicted molar refractivity (Wildman–Crippen MR) is 77.8 cm³/mol. The number of piperazine rings is 1. The molecule has 1 aliphatic heterocycles. The normalized spacial score (nSPS) is 25.4. The molecule has 2 heterocycles. The second kappa shape index (κ2) is 5.87. The van der Waals surface area contributed by atoms with Gasteiger partial charge in [-0.25, -0.2) is 0 Å². The summed E-state index contributed by atoms with van der Waals surface area (Å²) in [5.74, 6) is -0.184. The average Bonchev–Trinajstić information content (AvgIpc) is 2.94. The molecule has 0 aromatic carbocycles. The summed E-state index contributed by atoms with van der Waals surface area (Å²) in [5.41, 5.74) is 1.40. The Morgan fingerprint density at radius 1 is 1.43 bits per heavy atom. The third kappa shape index (κ3) is 2.80. The van der Waals surface area contributed by atoms with Crippen LogP contribution < -0.4 is 5.32 Å². The third-order valence-electron chi connectivity index (χ3n) is 4.42.